The van der Waals surface area contributed by atoms with E-state index in [2.05, 4.69) is 0 Å². The summed E-state index contributed by atoms with van der Waals surface area (Å²) in [6.45, 7) is 6.60. The van der Waals surface area contributed by atoms with Crippen LogP contribution in [0.4, 0.5) is 0 Å². The maximum atomic E-state index is 11.2. The molecule has 0 saturated heterocycles. The fourth-order valence-corrected chi connectivity index (χ4v) is 1.89. The minimum absolute atomic E-state index is 0.0949. The van der Waals surface area contributed by atoms with Crippen LogP contribution in [0.15, 0.2) is 0 Å². The lowest BCUT2D eigenvalue weighted by Crippen LogP contribution is -2.43. The van der Waals surface area contributed by atoms with E-state index in [9.17, 15) is 19.8 Å². The lowest BCUT2D eigenvalue weighted by atomic mass is 9.71. The number of carboxylic acids is 2. The zero-order valence-electron chi connectivity index (χ0n) is 10.5. The fourth-order valence-electron chi connectivity index (χ4n) is 1.89. The molecule has 0 rings (SSSR count). The van der Waals surface area contributed by atoms with Crippen molar-refractivity contribution in [1.82, 2.24) is 0 Å². The van der Waals surface area contributed by atoms with Gasteiger partial charge in [-0.3, -0.25) is 4.79 Å². The van der Waals surface area contributed by atoms with Crippen molar-refractivity contribution in [2.75, 3.05) is 0 Å². The molecule has 0 aromatic rings. The molecule has 0 heterocycles. The molecule has 1 atom stereocenters. The summed E-state index contributed by atoms with van der Waals surface area (Å²) in [7, 11) is 0. The Balaban J connectivity index is 4.81. The van der Waals surface area contributed by atoms with Crippen LogP contribution in [-0.2, 0) is 9.59 Å². The molecule has 4 heteroatoms. The van der Waals surface area contributed by atoms with E-state index in [1.807, 2.05) is 6.92 Å². The number of carbonyl (C=O) groups is 2. The van der Waals surface area contributed by atoms with Gasteiger partial charge in [0.15, 0.2) is 0 Å². The molecule has 0 aliphatic heterocycles. The molecule has 1 N–H and O–H groups in total. The van der Waals surface area contributed by atoms with Gasteiger partial charge in [-0.2, -0.15) is 0 Å². The molecule has 0 spiro atoms. The second-order valence-corrected chi connectivity index (χ2v) is 5.32. The predicted molar refractivity (Wildman–Crippen MR) is 58.7 cm³/mol. The summed E-state index contributed by atoms with van der Waals surface area (Å²) in [6.07, 6.45) is 2.27. The van der Waals surface area contributed by atoms with Gasteiger partial charge in [-0.1, -0.05) is 33.6 Å². The Bertz CT molecular complexity index is 270. The second kappa shape index (κ2) is 5.32. The van der Waals surface area contributed by atoms with Crippen LogP contribution in [0.1, 0.15) is 53.4 Å². The summed E-state index contributed by atoms with van der Waals surface area (Å²) in [5.41, 5.74) is -2.10. The van der Waals surface area contributed by atoms with Gasteiger partial charge in [-0.25, -0.2) is 0 Å². The van der Waals surface area contributed by atoms with Gasteiger partial charge in [0, 0.05) is 11.4 Å². The molecule has 0 fully saturated rings. The summed E-state index contributed by atoms with van der Waals surface area (Å²) in [4.78, 5) is 22.1. The number of carbonyl (C=O) groups excluding carboxylic acids is 1. The molecule has 0 aliphatic carbocycles. The molecule has 94 valence electrons. The first kappa shape index (κ1) is 14.9. The smallest absolute Gasteiger partial charge is 0.309 e. The second-order valence-electron chi connectivity index (χ2n) is 5.32. The summed E-state index contributed by atoms with van der Waals surface area (Å²) < 4.78 is 0. The van der Waals surface area contributed by atoms with Crippen LogP contribution >= 0.6 is 0 Å². The van der Waals surface area contributed by atoms with E-state index in [-0.39, 0.29) is 6.42 Å². The first-order chi connectivity index (χ1) is 7.15. The lowest BCUT2D eigenvalue weighted by Gasteiger charge is -2.35. The summed E-state index contributed by atoms with van der Waals surface area (Å²) in [5.74, 6) is -2.13. The highest BCUT2D eigenvalue weighted by Crippen LogP contribution is 2.37. The normalized spacial score (nSPS) is 15.5. The Morgan fingerprint density at radius 2 is 1.75 bits per heavy atom. The van der Waals surface area contributed by atoms with Gasteiger partial charge in [0.05, 0.1) is 5.41 Å². The van der Waals surface area contributed by atoms with Gasteiger partial charge in [0.25, 0.3) is 0 Å². The maximum Gasteiger partial charge on any atom is 0.309 e. The Morgan fingerprint density at radius 3 is 2.06 bits per heavy atom. The standard InChI is InChI=1S/C12H22O4/c1-5-6-7-12(4,10(15)16)8-11(2,3)9(13)14/h5-8H2,1-4H3,(H,13,14)(H,15,16)/p-1. The van der Waals surface area contributed by atoms with Crippen molar-refractivity contribution >= 4 is 11.9 Å². The molecular formula is C12H21O4-. The highest BCUT2D eigenvalue weighted by molar-refractivity contribution is 5.77. The van der Waals surface area contributed by atoms with Crippen LogP contribution in [0.5, 0.6) is 0 Å². The molecule has 0 radical (unpaired) electrons. The first-order valence-corrected chi connectivity index (χ1v) is 5.60. The van der Waals surface area contributed by atoms with E-state index < -0.39 is 22.8 Å². The number of unbranched alkanes of at least 4 members (excludes halogenated alkanes) is 1. The van der Waals surface area contributed by atoms with Crippen molar-refractivity contribution in [3.8, 4) is 0 Å². The average molecular weight is 229 g/mol. The number of aliphatic carboxylic acids is 2. The molecule has 0 bridgehead atoms. The highest BCUT2D eigenvalue weighted by atomic mass is 16.4. The van der Waals surface area contributed by atoms with Crippen LogP contribution in [0.25, 0.3) is 0 Å². The van der Waals surface area contributed by atoms with E-state index in [4.69, 9.17) is 0 Å². The largest absolute Gasteiger partial charge is 0.550 e. The molecule has 4 nitrogen and oxygen atoms in total. The van der Waals surface area contributed by atoms with E-state index in [1.165, 1.54) is 13.8 Å². The Labute approximate surface area is 96.7 Å². The van der Waals surface area contributed by atoms with Gasteiger partial charge in [-0.15, -0.1) is 0 Å². The average Bonchev–Trinajstić information content (AvgIpc) is 2.13. The third-order valence-corrected chi connectivity index (χ3v) is 2.98. The van der Waals surface area contributed by atoms with Crippen LogP contribution in [0, 0.1) is 10.8 Å². The van der Waals surface area contributed by atoms with Gasteiger partial charge >= 0.3 is 5.97 Å². The van der Waals surface area contributed by atoms with Gasteiger partial charge in [0.2, 0.25) is 0 Å². The van der Waals surface area contributed by atoms with E-state index in [0.29, 0.717) is 6.42 Å². The van der Waals surface area contributed by atoms with Crippen molar-refractivity contribution in [3.05, 3.63) is 0 Å². The first-order valence-electron chi connectivity index (χ1n) is 5.60. The molecule has 0 saturated carbocycles. The number of rotatable bonds is 7. The van der Waals surface area contributed by atoms with Crippen molar-refractivity contribution in [1.29, 1.82) is 0 Å². The molecule has 0 amide bonds. The van der Waals surface area contributed by atoms with E-state index >= 15 is 0 Å². The number of hydrogen-bond donors (Lipinski definition) is 1. The summed E-state index contributed by atoms with van der Waals surface area (Å²) in [5, 5.41) is 20.1. The SMILES string of the molecule is CCCCC(C)(CC(C)(C)C(=O)[O-])C(=O)O. The van der Waals surface area contributed by atoms with Gasteiger partial charge in [-0.05, 0) is 19.8 Å². The summed E-state index contributed by atoms with van der Waals surface area (Å²) >= 11 is 0. The third-order valence-electron chi connectivity index (χ3n) is 2.98. The topological polar surface area (TPSA) is 77.4 Å². The minimum atomic E-state index is -1.20. The Morgan fingerprint density at radius 1 is 1.25 bits per heavy atom. The highest BCUT2D eigenvalue weighted by Gasteiger charge is 2.38. The molecule has 0 aromatic heterocycles. The monoisotopic (exact) mass is 229 g/mol. The number of hydrogen-bond acceptors (Lipinski definition) is 3. The van der Waals surface area contributed by atoms with E-state index in [0.717, 1.165) is 12.8 Å². The van der Waals surface area contributed by atoms with Crippen LogP contribution < -0.4 is 5.11 Å². The Kier molecular flexibility index (Phi) is 4.97. The predicted octanol–water partition coefficient (Wildman–Crippen LogP) is 1.43. The van der Waals surface area contributed by atoms with Gasteiger partial charge < -0.3 is 15.0 Å². The van der Waals surface area contributed by atoms with Gasteiger partial charge in [0.1, 0.15) is 0 Å². The zero-order chi connectivity index (χ0) is 13.0. The summed E-state index contributed by atoms with van der Waals surface area (Å²) in [6, 6.07) is 0. The third kappa shape index (κ3) is 3.83. The molecule has 0 aliphatic rings. The van der Waals surface area contributed by atoms with Crippen molar-refractivity contribution in [2.24, 2.45) is 10.8 Å². The number of carboxylic acid groups (broad SMARTS) is 2. The van der Waals surface area contributed by atoms with Crippen LogP contribution in [0.3, 0.4) is 0 Å². The molecule has 0 aromatic carbocycles. The van der Waals surface area contributed by atoms with Crippen LogP contribution in [-0.4, -0.2) is 17.0 Å². The maximum absolute atomic E-state index is 11.2. The molecule has 16 heavy (non-hydrogen) atoms. The quantitative estimate of drug-likeness (QED) is 0.716. The lowest BCUT2D eigenvalue weighted by molar-refractivity contribution is -0.318. The van der Waals surface area contributed by atoms with Crippen LogP contribution in [0.2, 0.25) is 0 Å². The van der Waals surface area contributed by atoms with Crippen molar-refractivity contribution < 1.29 is 19.8 Å². The minimum Gasteiger partial charge on any atom is -0.550 e. The zero-order valence-corrected chi connectivity index (χ0v) is 10.5. The Hall–Kier alpha value is -1.06. The molecular weight excluding hydrogens is 208 g/mol. The fraction of sp³-hybridized carbons (Fsp3) is 0.833. The van der Waals surface area contributed by atoms with E-state index in [1.54, 1.807) is 6.92 Å². The van der Waals surface area contributed by atoms with Crippen molar-refractivity contribution in [3.63, 3.8) is 0 Å². The molecule has 1 unspecified atom stereocenters. The van der Waals surface area contributed by atoms with Crippen molar-refractivity contribution in [2.45, 2.75) is 53.4 Å².